The molecule has 2 aliphatic rings. The summed E-state index contributed by atoms with van der Waals surface area (Å²) < 4.78 is 39.0. The number of rotatable bonds is 3. The van der Waals surface area contributed by atoms with Gasteiger partial charge in [0.1, 0.15) is 9.84 Å². The van der Waals surface area contributed by atoms with Gasteiger partial charge >= 0.3 is 7.12 Å². The summed E-state index contributed by atoms with van der Waals surface area (Å²) >= 11 is 0. The third kappa shape index (κ3) is 3.37. The van der Waals surface area contributed by atoms with Crippen molar-refractivity contribution < 1.29 is 17.7 Å². The van der Waals surface area contributed by atoms with Crippen LogP contribution in [0.4, 0.5) is 5.69 Å². The van der Waals surface area contributed by atoms with E-state index in [0.29, 0.717) is 18.5 Å². The van der Waals surface area contributed by atoms with Crippen LogP contribution in [0.1, 0.15) is 58.6 Å². The Hall–Kier alpha value is -1.82. The van der Waals surface area contributed by atoms with E-state index in [-0.39, 0.29) is 11.3 Å². The summed E-state index contributed by atoms with van der Waals surface area (Å²) in [6.45, 7) is 17.6. The zero-order chi connectivity index (χ0) is 22.1. The van der Waals surface area contributed by atoms with E-state index in [4.69, 9.17) is 15.9 Å². The van der Waals surface area contributed by atoms with E-state index in [0.717, 1.165) is 28.4 Å². The molecule has 0 amide bonds. The lowest BCUT2D eigenvalue weighted by Crippen LogP contribution is -2.41. The Morgan fingerprint density at radius 2 is 1.80 bits per heavy atom. The molecule has 2 heterocycles. The van der Waals surface area contributed by atoms with E-state index in [2.05, 4.69) is 15.6 Å². The number of nitrogens with zero attached hydrogens (tertiary/aromatic N) is 2. The Balaban J connectivity index is 1.83. The zero-order valence-corrected chi connectivity index (χ0v) is 19.3. The second-order valence-electron chi connectivity index (χ2n) is 9.77. The molecule has 1 saturated heterocycles. The monoisotopic (exact) mass is 428 g/mol. The summed E-state index contributed by atoms with van der Waals surface area (Å²) in [5.74, 6) is 0. The molecular weight excluding hydrogens is 399 g/mol. The van der Waals surface area contributed by atoms with Gasteiger partial charge in [-0.05, 0) is 77.0 Å². The maximum Gasteiger partial charge on any atom is 0.496 e. The van der Waals surface area contributed by atoms with Crippen molar-refractivity contribution >= 4 is 39.0 Å². The molecule has 30 heavy (non-hydrogen) atoms. The van der Waals surface area contributed by atoms with Gasteiger partial charge in [0.05, 0.1) is 23.0 Å². The van der Waals surface area contributed by atoms with Crippen molar-refractivity contribution in [1.29, 1.82) is 0 Å². The van der Waals surface area contributed by atoms with Crippen molar-refractivity contribution in [3.05, 3.63) is 35.3 Å². The lowest BCUT2D eigenvalue weighted by molar-refractivity contribution is 0.00578. The summed E-state index contributed by atoms with van der Waals surface area (Å²) in [7, 11) is -3.59. The molecule has 0 N–H and O–H groups in total. The topological polar surface area (TPSA) is 61.9 Å². The van der Waals surface area contributed by atoms with E-state index < -0.39 is 28.2 Å². The van der Waals surface area contributed by atoms with Crippen LogP contribution in [0.15, 0.2) is 18.3 Å². The quantitative estimate of drug-likeness (QED) is 0.549. The zero-order valence-electron chi connectivity index (χ0n) is 18.5. The largest absolute Gasteiger partial charge is 0.496 e. The molecule has 1 aliphatic heterocycles. The fraction of sp³-hybridized carbons (Fsp3) is 0.591. The van der Waals surface area contributed by atoms with Crippen molar-refractivity contribution in [2.45, 2.75) is 76.4 Å². The van der Waals surface area contributed by atoms with Crippen LogP contribution in [0.25, 0.3) is 15.7 Å². The van der Waals surface area contributed by atoms with Crippen LogP contribution in [0, 0.1) is 13.5 Å². The van der Waals surface area contributed by atoms with Crippen LogP contribution in [0.5, 0.6) is 0 Å². The van der Waals surface area contributed by atoms with Crippen LogP contribution in [0.3, 0.4) is 0 Å². The second-order valence-corrected chi connectivity index (χ2v) is 12.1. The fourth-order valence-corrected chi connectivity index (χ4v) is 5.69. The minimum atomic E-state index is -3.06. The SMILES string of the molecule is [C-]#[N+]c1cc2c(B3OC(C)(C)C(C)(C)O3)cn([C@@H]3CC[C@@H](S(C)(=O)=O)C3)c2cc1C. The van der Waals surface area contributed by atoms with Gasteiger partial charge < -0.3 is 13.9 Å². The molecule has 1 aliphatic carbocycles. The molecule has 8 heteroatoms. The molecule has 0 radical (unpaired) electrons. The third-order valence-electron chi connectivity index (χ3n) is 7.16. The van der Waals surface area contributed by atoms with Gasteiger partial charge in [0.2, 0.25) is 0 Å². The lowest BCUT2D eigenvalue weighted by atomic mass is 9.79. The summed E-state index contributed by atoms with van der Waals surface area (Å²) in [6, 6.07) is 4.05. The van der Waals surface area contributed by atoms with Gasteiger partial charge in [0.25, 0.3) is 0 Å². The standard InChI is InChI=1S/C22H29BN2O4S/c1-14-10-20-17(12-19(14)24-6)18(23-28-21(2,3)22(4,5)29-23)13-25(20)15-8-9-16(11-15)30(7,26)27/h10,12-13,15-16H,8-9,11H2,1-5,7H3/t15-,16-/m1/s1. The van der Waals surface area contributed by atoms with E-state index in [1.165, 1.54) is 6.26 Å². The Morgan fingerprint density at radius 1 is 1.17 bits per heavy atom. The Labute approximate surface area is 179 Å². The molecule has 0 spiro atoms. The van der Waals surface area contributed by atoms with Crippen molar-refractivity contribution in [3.8, 4) is 0 Å². The molecular formula is C22H29BN2O4S. The number of aromatic nitrogens is 1. The average molecular weight is 428 g/mol. The van der Waals surface area contributed by atoms with E-state index >= 15 is 0 Å². The molecule has 1 aromatic carbocycles. The van der Waals surface area contributed by atoms with Crippen molar-refractivity contribution in [2.75, 3.05) is 6.26 Å². The molecule has 1 aromatic heterocycles. The smallest absolute Gasteiger partial charge is 0.399 e. The third-order valence-corrected chi connectivity index (χ3v) is 8.80. The summed E-state index contributed by atoms with van der Waals surface area (Å²) in [5, 5.41) is 0.636. The Kier molecular flexibility index (Phi) is 4.89. The van der Waals surface area contributed by atoms with Crippen LogP contribution < -0.4 is 5.46 Å². The number of sulfone groups is 1. The highest BCUT2D eigenvalue weighted by Crippen LogP contribution is 2.40. The fourth-order valence-electron chi connectivity index (χ4n) is 4.55. The summed E-state index contributed by atoms with van der Waals surface area (Å²) in [4.78, 5) is 3.68. The first-order valence-corrected chi connectivity index (χ1v) is 12.4. The first-order chi connectivity index (χ1) is 13.8. The van der Waals surface area contributed by atoms with Crippen molar-refractivity contribution in [2.24, 2.45) is 0 Å². The molecule has 2 atom stereocenters. The van der Waals surface area contributed by atoms with Gasteiger partial charge in [-0.25, -0.2) is 13.3 Å². The number of fused-ring (bicyclic) bond motifs is 1. The van der Waals surface area contributed by atoms with Crippen molar-refractivity contribution in [1.82, 2.24) is 4.57 Å². The van der Waals surface area contributed by atoms with Crippen LogP contribution in [-0.2, 0) is 19.1 Å². The minimum Gasteiger partial charge on any atom is -0.399 e. The number of benzene rings is 1. The molecule has 0 bridgehead atoms. The minimum absolute atomic E-state index is 0.0987. The number of aryl methyl sites for hydroxylation is 1. The predicted octanol–water partition coefficient (Wildman–Crippen LogP) is 3.94. The average Bonchev–Trinajstić information content (AvgIpc) is 3.28. The van der Waals surface area contributed by atoms with Gasteiger partial charge in [-0.3, -0.25) is 0 Å². The molecule has 2 fully saturated rings. The van der Waals surface area contributed by atoms with Crippen molar-refractivity contribution in [3.63, 3.8) is 0 Å². The molecule has 4 rings (SSSR count). The molecule has 6 nitrogen and oxygen atoms in total. The molecule has 0 unspecified atom stereocenters. The van der Waals surface area contributed by atoms with Crippen LogP contribution in [0.2, 0.25) is 0 Å². The van der Waals surface area contributed by atoms with Gasteiger partial charge in [-0.15, -0.1) is 0 Å². The van der Waals surface area contributed by atoms with Gasteiger partial charge in [0, 0.05) is 29.5 Å². The first-order valence-electron chi connectivity index (χ1n) is 10.4. The maximum atomic E-state index is 12.1. The Bertz CT molecular complexity index is 1140. The number of hydrogen-bond donors (Lipinski definition) is 0. The summed E-state index contributed by atoms with van der Waals surface area (Å²) in [5.41, 5.74) is 2.50. The number of hydrogen-bond acceptors (Lipinski definition) is 4. The highest BCUT2D eigenvalue weighted by Gasteiger charge is 2.52. The first kappa shape index (κ1) is 21.4. The highest BCUT2D eigenvalue weighted by molar-refractivity contribution is 7.91. The van der Waals surface area contributed by atoms with E-state index in [9.17, 15) is 8.42 Å². The van der Waals surface area contributed by atoms with Gasteiger partial charge in [-0.1, -0.05) is 0 Å². The van der Waals surface area contributed by atoms with Crippen LogP contribution >= 0.6 is 0 Å². The second kappa shape index (κ2) is 6.84. The predicted molar refractivity (Wildman–Crippen MR) is 120 cm³/mol. The van der Waals surface area contributed by atoms with E-state index in [1.54, 1.807) is 0 Å². The Morgan fingerprint density at radius 3 is 2.33 bits per heavy atom. The van der Waals surface area contributed by atoms with E-state index in [1.807, 2.05) is 46.8 Å². The maximum absolute atomic E-state index is 12.1. The summed E-state index contributed by atoms with van der Waals surface area (Å²) in [6.07, 6.45) is 5.47. The normalized spacial score (nSPS) is 25.7. The highest BCUT2D eigenvalue weighted by atomic mass is 32.2. The molecule has 1 saturated carbocycles. The molecule has 160 valence electrons. The van der Waals surface area contributed by atoms with Gasteiger partial charge in [0.15, 0.2) is 5.69 Å². The van der Waals surface area contributed by atoms with Crippen LogP contribution in [-0.4, -0.2) is 42.8 Å². The molecule has 2 aromatic rings. The van der Waals surface area contributed by atoms with Gasteiger partial charge in [-0.2, -0.15) is 0 Å². The lowest BCUT2D eigenvalue weighted by Gasteiger charge is -2.32.